The van der Waals surface area contributed by atoms with Gasteiger partial charge >= 0.3 is 0 Å². The van der Waals surface area contributed by atoms with Gasteiger partial charge in [0.2, 0.25) is 0 Å². The first-order chi connectivity index (χ1) is 21.2. The van der Waals surface area contributed by atoms with Crippen molar-refractivity contribution in [1.29, 1.82) is 0 Å². The molecule has 0 bridgehead atoms. The number of benzene rings is 2. The van der Waals surface area contributed by atoms with E-state index in [9.17, 15) is 5.11 Å². The number of aliphatic hydroxyl groups is 1. The van der Waals surface area contributed by atoms with Gasteiger partial charge in [-0.3, -0.25) is 0 Å². The minimum Gasteiger partial charge on any atom is -0.388 e. The molecule has 12 heteroatoms. The second-order valence-corrected chi connectivity index (χ2v) is 12.5. The summed E-state index contributed by atoms with van der Waals surface area (Å²) in [4.78, 5) is 0. The molecule has 1 N–H and O–H groups in total. The maximum absolute atomic E-state index is 11.6. The van der Waals surface area contributed by atoms with E-state index >= 15 is 0 Å². The fourth-order valence-corrected chi connectivity index (χ4v) is 6.35. The Hall–Kier alpha value is -2.78. The third-order valence-electron chi connectivity index (χ3n) is 8.27. The largest absolute Gasteiger partial charge is 0.388 e. The fourth-order valence-electron chi connectivity index (χ4n) is 6.35. The van der Waals surface area contributed by atoms with Crippen molar-refractivity contribution in [3.05, 3.63) is 83.7 Å². The van der Waals surface area contributed by atoms with E-state index in [1.54, 1.807) is 10.9 Å². The smallest absolute Gasteiger partial charge is 0.190 e. The van der Waals surface area contributed by atoms with E-state index in [4.69, 9.17) is 37.9 Å². The Bertz CT molecular complexity index is 1400. The lowest BCUT2D eigenvalue weighted by molar-refractivity contribution is -0.231. The van der Waals surface area contributed by atoms with Gasteiger partial charge in [-0.1, -0.05) is 65.9 Å². The van der Waals surface area contributed by atoms with Crippen molar-refractivity contribution in [2.45, 2.75) is 114 Å². The molecule has 7 rings (SSSR count). The Balaban J connectivity index is 1.09. The van der Waals surface area contributed by atoms with Crippen molar-refractivity contribution in [2.24, 2.45) is 0 Å². The lowest BCUT2D eigenvalue weighted by atomic mass is 10.0. The average Bonchev–Trinajstić information content (AvgIpc) is 3.78. The molecule has 4 aliphatic rings. The summed E-state index contributed by atoms with van der Waals surface area (Å²) in [5.41, 5.74) is 2.64. The van der Waals surface area contributed by atoms with E-state index < -0.39 is 66.9 Å². The van der Waals surface area contributed by atoms with Crippen molar-refractivity contribution < 1.29 is 43.0 Å². The zero-order valence-corrected chi connectivity index (χ0v) is 25.2. The lowest BCUT2D eigenvalue weighted by Gasteiger charge is -2.29. The predicted octanol–water partition coefficient (Wildman–Crippen LogP) is 3.24. The molecule has 4 fully saturated rings. The van der Waals surface area contributed by atoms with Gasteiger partial charge in [-0.25, -0.2) is 4.68 Å². The minimum atomic E-state index is -1.03. The first-order valence-corrected chi connectivity index (χ1v) is 15.1. The molecule has 0 saturated carbocycles. The Labute approximate surface area is 256 Å². The van der Waals surface area contributed by atoms with E-state index in [1.165, 1.54) is 0 Å². The highest BCUT2D eigenvalue weighted by atomic mass is 16.9. The highest BCUT2D eigenvalue weighted by molar-refractivity contribution is 5.15. The van der Waals surface area contributed by atoms with Crippen LogP contribution in [0.5, 0.6) is 0 Å². The summed E-state index contributed by atoms with van der Waals surface area (Å²) < 4.78 is 51.3. The maximum atomic E-state index is 11.6. The van der Waals surface area contributed by atoms with Crippen LogP contribution < -0.4 is 0 Å². The van der Waals surface area contributed by atoms with Crippen LogP contribution in [-0.4, -0.2) is 80.9 Å². The summed E-state index contributed by atoms with van der Waals surface area (Å²) in [5, 5.41) is 20.0. The van der Waals surface area contributed by atoms with Crippen LogP contribution in [0.2, 0.25) is 0 Å². The first-order valence-electron chi connectivity index (χ1n) is 15.1. The van der Waals surface area contributed by atoms with Gasteiger partial charge in [0, 0.05) is 0 Å². The summed E-state index contributed by atoms with van der Waals surface area (Å²) in [6, 6.07) is 19.7. The van der Waals surface area contributed by atoms with Gasteiger partial charge in [0.1, 0.15) is 42.7 Å². The Morgan fingerprint density at radius 3 is 1.93 bits per heavy atom. The molecule has 0 unspecified atom stereocenters. The lowest BCUT2D eigenvalue weighted by Crippen LogP contribution is -2.44. The number of hydrogen-bond donors (Lipinski definition) is 1. The second kappa shape index (κ2) is 11.9. The monoisotopic (exact) mass is 609 g/mol. The molecule has 0 spiro atoms. The number of fused-ring (bicyclic) bond motifs is 2. The van der Waals surface area contributed by atoms with E-state index in [0.717, 1.165) is 11.1 Å². The van der Waals surface area contributed by atoms with Gasteiger partial charge in [0.25, 0.3) is 0 Å². The van der Waals surface area contributed by atoms with Crippen molar-refractivity contribution in [2.75, 3.05) is 0 Å². The fraction of sp³-hybridized carbons (Fsp3) is 0.562. The van der Waals surface area contributed by atoms with E-state index in [0.29, 0.717) is 18.9 Å². The van der Waals surface area contributed by atoms with Crippen molar-refractivity contribution >= 4 is 0 Å². The number of aliphatic hydroxyl groups excluding tert-OH is 1. The summed E-state index contributed by atoms with van der Waals surface area (Å²) in [5.74, 6) is -1.64. The molecule has 4 aliphatic heterocycles. The highest BCUT2D eigenvalue weighted by Gasteiger charge is 2.58. The van der Waals surface area contributed by atoms with Gasteiger partial charge < -0.3 is 43.0 Å². The van der Waals surface area contributed by atoms with Gasteiger partial charge in [-0.05, 0) is 38.8 Å². The van der Waals surface area contributed by atoms with E-state index in [2.05, 4.69) is 10.3 Å². The molecule has 0 amide bonds. The normalized spacial score (nSPS) is 34.2. The van der Waals surface area contributed by atoms with E-state index in [-0.39, 0.29) is 6.54 Å². The van der Waals surface area contributed by atoms with Crippen molar-refractivity contribution in [1.82, 2.24) is 15.0 Å². The number of nitrogens with zero attached hydrogens (tertiary/aromatic N) is 3. The number of hydrogen-bond acceptors (Lipinski definition) is 11. The molecule has 4 saturated heterocycles. The van der Waals surface area contributed by atoms with E-state index in [1.807, 2.05) is 88.4 Å². The van der Waals surface area contributed by atoms with Crippen LogP contribution in [0.15, 0.2) is 66.9 Å². The van der Waals surface area contributed by atoms with Crippen molar-refractivity contribution in [3.8, 4) is 0 Å². The average molecular weight is 610 g/mol. The molecule has 1 aromatic heterocycles. The summed E-state index contributed by atoms with van der Waals surface area (Å²) >= 11 is 0. The maximum Gasteiger partial charge on any atom is 0.190 e. The molecule has 9 atom stereocenters. The first kappa shape index (κ1) is 29.9. The topological polar surface area (TPSA) is 125 Å². The SMILES string of the molecule is CC1(C)O[C@H]2O[C@H]([C@H](O)Cn3nncc3[C@H]3O[C@@H]4OC(C)(C)O[C@@H]4[C@H]3OCc3ccccc3)[C@H](OCc3ccccc3)[C@H]2O1. The summed E-state index contributed by atoms with van der Waals surface area (Å²) in [7, 11) is 0. The zero-order valence-electron chi connectivity index (χ0n) is 25.2. The third-order valence-corrected chi connectivity index (χ3v) is 8.27. The number of ether oxygens (including phenoxy) is 8. The van der Waals surface area contributed by atoms with Crippen LogP contribution >= 0.6 is 0 Å². The van der Waals surface area contributed by atoms with Gasteiger partial charge in [-0.2, -0.15) is 0 Å². The number of aromatic nitrogens is 3. The Morgan fingerprint density at radius 1 is 0.773 bits per heavy atom. The molecule has 3 aromatic rings. The zero-order chi connectivity index (χ0) is 30.5. The molecule has 12 nitrogen and oxygen atoms in total. The standard InChI is InChI=1S/C32H39N3O9/c1-31(2)41-27-25(37-17-19-11-7-5-8-12-19)23(39-29(27)43-31)21-15-33-34-35(21)16-22(36)24-26(38-18-20-13-9-6-10-14-20)28-30(40-24)44-32(3,4)42-28/h5-15,22-30,36H,16-18H2,1-4H3/t22-,23-,24-,25+,26+,27-,28-,29-,30-/m1/s1. The molecular formula is C32H39N3O9. The van der Waals surface area contributed by atoms with Gasteiger partial charge in [0.05, 0.1) is 31.6 Å². The number of rotatable bonds is 10. The van der Waals surface area contributed by atoms with Crippen LogP contribution in [0.3, 0.4) is 0 Å². The van der Waals surface area contributed by atoms with Gasteiger partial charge in [0.15, 0.2) is 24.2 Å². The highest BCUT2D eigenvalue weighted by Crippen LogP contribution is 2.45. The molecule has 236 valence electrons. The quantitative estimate of drug-likeness (QED) is 0.364. The van der Waals surface area contributed by atoms with Crippen molar-refractivity contribution in [3.63, 3.8) is 0 Å². The molecule has 2 aromatic carbocycles. The third kappa shape index (κ3) is 6.06. The van der Waals surface area contributed by atoms with Gasteiger partial charge in [-0.15, -0.1) is 5.10 Å². The summed E-state index contributed by atoms with van der Waals surface area (Å²) in [6.07, 6.45) is -4.13. The molecule has 5 heterocycles. The predicted molar refractivity (Wildman–Crippen MR) is 152 cm³/mol. The molecule has 0 aliphatic carbocycles. The Kier molecular flexibility index (Phi) is 8.06. The molecule has 44 heavy (non-hydrogen) atoms. The molecule has 0 radical (unpaired) electrons. The van der Waals surface area contributed by atoms with Crippen LogP contribution in [0, 0.1) is 0 Å². The second-order valence-electron chi connectivity index (χ2n) is 12.5. The Morgan fingerprint density at radius 2 is 1.32 bits per heavy atom. The van der Waals surface area contributed by atoms with Crippen LogP contribution in [0.25, 0.3) is 0 Å². The van der Waals surface area contributed by atoms with Crippen LogP contribution in [-0.2, 0) is 57.7 Å². The van der Waals surface area contributed by atoms with Crippen LogP contribution in [0.4, 0.5) is 0 Å². The van der Waals surface area contributed by atoms with Crippen LogP contribution in [0.1, 0.15) is 50.6 Å². The summed E-state index contributed by atoms with van der Waals surface area (Å²) in [6.45, 7) is 8.11. The molecular weight excluding hydrogens is 570 g/mol. The minimum absolute atomic E-state index is 0.0574.